The molecule has 0 aliphatic heterocycles. The van der Waals surface area contributed by atoms with Gasteiger partial charge in [0, 0.05) is 5.92 Å². The van der Waals surface area contributed by atoms with Crippen molar-refractivity contribution < 1.29 is 23.9 Å². The summed E-state index contributed by atoms with van der Waals surface area (Å²) < 4.78 is 9.33. The molecule has 5 heteroatoms. The Morgan fingerprint density at radius 3 is 1.64 bits per heavy atom. The lowest BCUT2D eigenvalue weighted by Gasteiger charge is -2.11. The van der Waals surface area contributed by atoms with Gasteiger partial charge in [0.25, 0.3) is 0 Å². The van der Waals surface area contributed by atoms with E-state index in [9.17, 15) is 14.4 Å². The van der Waals surface area contributed by atoms with Crippen LogP contribution in [-0.4, -0.2) is 32.4 Å². The third kappa shape index (κ3) is 6.99. The van der Waals surface area contributed by atoms with Crippen LogP contribution in [0.15, 0.2) is 48.5 Å². The Labute approximate surface area is 165 Å². The average Bonchev–Trinajstić information content (AvgIpc) is 2.73. The summed E-state index contributed by atoms with van der Waals surface area (Å²) in [4.78, 5) is 34.1. The zero-order valence-electron chi connectivity index (χ0n) is 16.4. The van der Waals surface area contributed by atoms with Gasteiger partial charge in [-0.3, -0.25) is 9.59 Å². The van der Waals surface area contributed by atoms with E-state index in [0.717, 1.165) is 41.4 Å². The third-order valence-electron chi connectivity index (χ3n) is 4.69. The first-order valence-corrected chi connectivity index (χ1v) is 9.28. The number of carbonyl (C=O) groups is 3. The monoisotopic (exact) mass is 382 g/mol. The first-order valence-electron chi connectivity index (χ1n) is 9.28. The predicted octanol–water partition coefficient (Wildman–Crippen LogP) is 3.11. The van der Waals surface area contributed by atoms with Gasteiger partial charge in [0.05, 0.1) is 27.1 Å². The topological polar surface area (TPSA) is 69.7 Å². The zero-order valence-corrected chi connectivity index (χ0v) is 16.4. The number of esters is 2. The summed E-state index contributed by atoms with van der Waals surface area (Å²) in [6, 6.07) is 15.5. The van der Waals surface area contributed by atoms with E-state index in [1.54, 1.807) is 0 Å². The standard InChI is InChI=1S/C23H26O5/c1-27-22(25)14-19-6-3-17(4-7-19)5-12-21(16-24)13-18-8-10-20(11-9-18)15-23(26)28-2/h3-4,6-11,16,21H,5,12-15H2,1-2H3. The molecule has 0 saturated carbocycles. The van der Waals surface area contributed by atoms with Crippen molar-refractivity contribution in [1.82, 2.24) is 0 Å². The van der Waals surface area contributed by atoms with Crippen LogP contribution in [-0.2, 0) is 49.5 Å². The van der Waals surface area contributed by atoms with E-state index in [0.29, 0.717) is 6.42 Å². The van der Waals surface area contributed by atoms with Crippen molar-refractivity contribution in [2.75, 3.05) is 14.2 Å². The van der Waals surface area contributed by atoms with E-state index < -0.39 is 0 Å². The van der Waals surface area contributed by atoms with Crippen molar-refractivity contribution in [3.8, 4) is 0 Å². The number of hydrogen-bond acceptors (Lipinski definition) is 5. The molecule has 0 aliphatic carbocycles. The summed E-state index contributed by atoms with van der Waals surface area (Å²) in [5.41, 5.74) is 4.01. The highest BCUT2D eigenvalue weighted by Crippen LogP contribution is 2.16. The summed E-state index contributed by atoms with van der Waals surface area (Å²) >= 11 is 0. The van der Waals surface area contributed by atoms with Crippen LogP contribution in [0.4, 0.5) is 0 Å². The fraction of sp³-hybridized carbons (Fsp3) is 0.348. The fourth-order valence-electron chi connectivity index (χ4n) is 2.97. The fourth-order valence-corrected chi connectivity index (χ4v) is 2.97. The van der Waals surface area contributed by atoms with Crippen molar-refractivity contribution in [1.29, 1.82) is 0 Å². The molecule has 28 heavy (non-hydrogen) atoms. The Morgan fingerprint density at radius 2 is 1.21 bits per heavy atom. The first-order chi connectivity index (χ1) is 13.5. The SMILES string of the molecule is COC(=O)Cc1ccc(CCC(C=O)Cc2ccc(CC(=O)OC)cc2)cc1. The molecule has 0 aromatic heterocycles. The maximum absolute atomic E-state index is 11.5. The van der Waals surface area contributed by atoms with Crippen molar-refractivity contribution in [2.24, 2.45) is 5.92 Å². The molecule has 5 nitrogen and oxygen atoms in total. The van der Waals surface area contributed by atoms with Gasteiger partial charge >= 0.3 is 11.9 Å². The van der Waals surface area contributed by atoms with Crippen LogP contribution in [0.5, 0.6) is 0 Å². The molecule has 2 aromatic carbocycles. The van der Waals surface area contributed by atoms with Gasteiger partial charge in [-0.2, -0.15) is 0 Å². The lowest BCUT2D eigenvalue weighted by atomic mass is 9.93. The molecule has 2 rings (SSSR count). The molecule has 2 aromatic rings. The number of aryl methyl sites for hydroxylation is 1. The minimum atomic E-state index is -0.267. The number of ether oxygens (including phenoxy) is 2. The molecule has 0 N–H and O–H groups in total. The maximum atomic E-state index is 11.5. The van der Waals surface area contributed by atoms with E-state index in [1.807, 2.05) is 48.5 Å². The number of hydrogen-bond donors (Lipinski definition) is 0. The van der Waals surface area contributed by atoms with Crippen LogP contribution in [0, 0.1) is 5.92 Å². The largest absolute Gasteiger partial charge is 0.469 e. The lowest BCUT2D eigenvalue weighted by molar-refractivity contribution is -0.140. The van der Waals surface area contributed by atoms with E-state index in [4.69, 9.17) is 0 Å². The summed E-state index contributed by atoms with van der Waals surface area (Å²) in [6.45, 7) is 0. The molecule has 148 valence electrons. The summed E-state index contributed by atoms with van der Waals surface area (Å²) in [6.07, 6.45) is 3.74. The minimum Gasteiger partial charge on any atom is -0.469 e. The van der Waals surface area contributed by atoms with Gasteiger partial charge in [0.1, 0.15) is 6.29 Å². The van der Waals surface area contributed by atoms with Crippen LogP contribution >= 0.6 is 0 Å². The highest BCUT2D eigenvalue weighted by Gasteiger charge is 2.10. The lowest BCUT2D eigenvalue weighted by Crippen LogP contribution is -2.09. The Hall–Kier alpha value is -2.95. The molecule has 0 aliphatic rings. The quantitative estimate of drug-likeness (QED) is 0.466. The van der Waals surface area contributed by atoms with Crippen LogP contribution in [0.2, 0.25) is 0 Å². The highest BCUT2D eigenvalue weighted by atomic mass is 16.5. The van der Waals surface area contributed by atoms with Gasteiger partial charge in [-0.15, -0.1) is 0 Å². The number of aldehydes is 1. The number of methoxy groups -OCH3 is 2. The summed E-state index contributed by atoms with van der Waals surface area (Å²) in [5, 5.41) is 0. The molecular weight excluding hydrogens is 356 g/mol. The number of benzene rings is 2. The van der Waals surface area contributed by atoms with Gasteiger partial charge in [-0.1, -0.05) is 48.5 Å². The molecule has 0 fully saturated rings. The van der Waals surface area contributed by atoms with Gasteiger partial charge in [0.15, 0.2) is 0 Å². The van der Waals surface area contributed by atoms with Crippen molar-refractivity contribution in [2.45, 2.75) is 32.1 Å². The zero-order chi connectivity index (χ0) is 20.4. The molecule has 0 saturated heterocycles. The van der Waals surface area contributed by atoms with Crippen LogP contribution < -0.4 is 0 Å². The van der Waals surface area contributed by atoms with Gasteiger partial charge < -0.3 is 14.3 Å². The third-order valence-corrected chi connectivity index (χ3v) is 4.69. The van der Waals surface area contributed by atoms with E-state index in [-0.39, 0.29) is 30.7 Å². The second kappa shape index (κ2) is 11.0. The molecule has 0 radical (unpaired) electrons. The second-order valence-corrected chi connectivity index (χ2v) is 6.78. The van der Waals surface area contributed by atoms with Crippen molar-refractivity contribution in [3.05, 3.63) is 70.8 Å². The minimum absolute atomic E-state index is 0.0683. The maximum Gasteiger partial charge on any atom is 0.309 e. The van der Waals surface area contributed by atoms with Gasteiger partial charge in [-0.05, 0) is 41.5 Å². The summed E-state index contributed by atoms with van der Waals surface area (Å²) in [5.74, 6) is -0.594. The first kappa shape index (κ1) is 21.4. The Kier molecular flexibility index (Phi) is 8.40. The molecule has 0 heterocycles. The average molecular weight is 382 g/mol. The number of rotatable bonds is 10. The normalized spacial score (nSPS) is 11.5. The van der Waals surface area contributed by atoms with Crippen LogP contribution in [0.1, 0.15) is 28.7 Å². The van der Waals surface area contributed by atoms with E-state index >= 15 is 0 Å². The highest BCUT2D eigenvalue weighted by molar-refractivity contribution is 5.72. The van der Waals surface area contributed by atoms with E-state index in [1.165, 1.54) is 14.2 Å². The van der Waals surface area contributed by atoms with Gasteiger partial charge in [0.2, 0.25) is 0 Å². The molecule has 0 amide bonds. The molecular formula is C23H26O5. The number of carbonyl (C=O) groups excluding carboxylic acids is 3. The Morgan fingerprint density at radius 1 is 0.786 bits per heavy atom. The Balaban J connectivity index is 1.86. The van der Waals surface area contributed by atoms with E-state index in [2.05, 4.69) is 9.47 Å². The molecule has 0 bridgehead atoms. The van der Waals surface area contributed by atoms with Crippen molar-refractivity contribution in [3.63, 3.8) is 0 Å². The van der Waals surface area contributed by atoms with Gasteiger partial charge in [-0.25, -0.2) is 0 Å². The molecule has 1 unspecified atom stereocenters. The van der Waals surface area contributed by atoms with Crippen LogP contribution in [0.3, 0.4) is 0 Å². The molecule has 1 atom stereocenters. The molecule has 0 spiro atoms. The van der Waals surface area contributed by atoms with Crippen molar-refractivity contribution >= 4 is 18.2 Å². The predicted molar refractivity (Wildman–Crippen MR) is 106 cm³/mol. The van der Waals surface area contributed by atoms with Crippen LogP contribution in [0.25, 0.3) is 0 Å². The smallest absolute Gasteiger partial charge is 0.309 e. The summed E-state index contributed by atoms with van der Waals surface area (Å²) in [7, 11) is 2.75. The second-order valence-electron chi connectivity index (χ2n) is 6.78. The Bertz CT molecular complexity index is 778.